The molecule has 0 aliphatic carbocycles. The Morgan fingerprint density at radius 1 is 0.593 bits per heavy atom. The standard InChI is InChI=1S/C20H15FN6/c21-18-7-12(5-6-17(18)14-10-26-20(23)27-11-14)15-3-1-2-4-16(15)13-8-24-19(22)25-9-13/h1-11H,(H2,22,24,25)(H2,23,26,27). The molecular formula is C20H15FN6. The number of nitrogen functional groups attached to an aromatic ring is 2. The molecule has 4 N–H and O–H groups in total. The summed E-state index contributed by atoms with van der Waals surface area (Å²) in [5.74, 6) is -0.0167. The molecule has 0 spiro atoms. The second-order valence-corrected chi connectivity index (χ2v) is 5.90. The average molecular weight is 358 g/mol. The number of aromatic nitrogens is 4. The van der Waals surface area contributed by atoms with Gasteiger partial charge in [-0.15, -0.1) is 0 Å². The number of hydrogen-bond acceptors (Lipinski definition) is 6. The summed E-state index contributed by atoms with van der Waals surface area (Å²) in [5.41, 5.74) is 15.3. The third kappa shape index (κ3) is 3.30. The van der Waals surface area contributed by atoms with Crippen LogP contribution in [0.1, 0.15) is 0 Å². The number of hydrogen-bond donors (Lipinski definition) is 2. The highest BCUT2D eigenvalue weighted by Crippen LogP contribution is 2.33. The third-order valence-corrected chi connectivity index (χ3v) is 4.17. The first-order chi connectivity index (χ1) is 13.1. The van der Waals surface area contributed by atoms with Crippen molar-refractivity contribution in [3.05, 3.63) is 73.1 Å². The lowest BCUT2D eigenvalue weighted by molar-refractivity contribution is 0.631. The Hall–Kier alpha value is -3.87. The van der Waals surface area contributed by atoms with Gasteiger partial charge in [0.2, 0.25) is 11.9 Å². The molecule has 0 atom stereocenters. The summed E-state index contributed by atoms with van der Waals surface area (Å²) in [6.07, 6.45) is 6.30. The summed E-state index contributed by atoms with van der Waals surface area (Å²) in [4.78, 5) is 15.9. The smallest absolute Gasteiger partial charge is 0.219 e. The van der Waals surface area contributed by atoms with E-state index in [1.165, 1.54) is 18.5 Å². The lowest BCUT2D eigenvalue weighted by Crippen LogP contribution is -1.96. The molecule has 132 valence electrons. The zero-order valence-corrected chi connectivity index (χ0v) is 14.2. The third-order valence-electron chi connectivity index (χ3n) is 4.17. The van der Waals surface area contributed by atoms with E-state index in [1.54, 1.807) is 18.5 Å². The molecular weight excluding hydrogens is 343 g/mol. The van der Waals surface area contributed by atoms with Gasteiger partial charge in [0.25, 0.3) is 0 Å². The normalized spacial score (nSPS) is 10.7. The molecule has 7 heteroatoms. The van der Waals surface area contributed by atoms with E-state index in [0.717, 1.165) is 22.3 Å². The van der Waals surface area contributed by atoms with Gasteiger partial charge in [-0.1, -0.05) is 36.4 Å². The van der Waals surface area contributed by atoms with E-state index in [-0.39, 0.29) is 17.7 Å². The van der Waals surface area contributed by atoms with Crippen molar-refractivity contribution in [1.29, 1.82) is 0 Å². The number of nitrogens with two attached hydrogens (primary N) is 2. The fourth-order valence-electron chi connectivity index (χ4n) is 2.86. The second-order valence-electron chi connectivity index (χ2n) is 5.90. The van der Waals surface area contributed by atoms with Gasteiger partial charge in [-0.25, -0.2) is 24.3 Å². The first kappa shape index (κ1) is 16.6. The van der Waals surface area contributed by atoms with Gasteiger partial charge in [0.15, 0.2) is 0 Å². The fourth-order valence-corrected chi connectivity index (χ4v) is 2.86. The van der Waals surface area contributed by atoms with Crippen LogP contribution in [0.25, 0.3) is 33.4 Å². The minimum atomic E-state index is -0.371. The van der Waals surface area contributed by atoms with Crippen LogP contribution < -0.4 is 11.5 Å². The van der Waals surface area contributed by atoms with E-state index >= 15 is 0 Å². The first-order valence-corrected chi connectivity index (χ1v) is 8.16. The van der Waals surface area contributed by atoms with Gasteiger partial charge in [-0.05, 0) is 22.8 Å². The van der Waals surface area contributed by atoms with E-state index in [2.05, 4.69) is 19.9 Å². The minimum Gasteiger partial charge on any atom is -0.368 e. The summed E-state index contributed by atoms with van der Waals surface area (Å²) in [7, 11) is 0. The second kappa shape index (κ2) is 6.80. The number of rotatable bonds is 3. The van der Waals surface area contributed by atoms with Crippen molar-refractivity contribution in [2.45, 2.75) is 0 Å². The predicted molar refractivity (Wildman–Crippen MR) is 103 cm³/mol. The molecule has 0 fully saturated rings. The predicted octanol–water partition coefficient (Wildman–Crippen LogP) is 3.57. The van der Waals surface area contributed by atoms with Crippen LogP contribution in [0.2, 0.25) is 0 Å². The molecule has 0 amide bonds. The van der Waals surface area contributed by atoms with Gasteiger partial charge in [-0.2, -0.15) is 0 Å². The Morgan fingerprint density at radius 2 is 1.07 bits per heavy atom. The molecule has 27 heavy (non-hydrogen) atoms. The molecule has 0 unspecified atom stereocenters. The lowest BCUT2D eigenvalue weighted by atomic mass is 9.94. The summed E-state index contributed by atoms with van der Waals surface area (Å²) in [6.45, 7) is 0. The van der Waals surface area contributed by atoms with Gasteiger partial charge >= 0.3 is 0 Å². The monoisotopic (exact) mass is 358 g/mol. The topological polar surface area (TPSA) is 104 Å². The molecule has 4 rings (SSSR count). The molecule has 0 aliphatic rings. The molecule has 4 aromatic rings. The van der Waals surface area contributed by atoms with Crippen LogP contribution in [0.4, 0.5) is 16.3 Å². The molecule has 0 radical (unpaired) electrons. The van der Waals surface area contributed by atoms with Crippen LogP contribution in [-0.2, 0) is 0 Å². The Morgan fingerprint density at radius 3 is 1.59 bits per heavy atom. The maximum atomic E-state index is 14.8. The lowest BCUT2D eigenvalue weighted by Gasteiger charge is -2.11. The highest BCUT2D eigenvalue weighted by molar-refractivity contribution is 5.84. The molecule has 2 aromatic carbocycles. The van der Waals surface area contributed by atoms with Crippen LogP contribution in [0.5, 0.6) is 0 Å². The van der Waals surface area contributed by atoms with Crippen molar-refractivity contribution in [2.75, 3.05) is 11.5 Å². The summed E-state index contributed by atoms with van der Waals surface area (Å²) in [6, 6.07) is 12.7. The Kier molecular flexibility index (Phi) is 4.18. The molecule has 2 heterocycles. The maximum Gasteiger partial charge on any atom is 0.219 e. The molecule has 6 nitrogen and oxygen atoms in total. The largest absolute Gasteiger partial charge is 0.368 e. The number of halogens is 1. The van der Waals surface area contributed by atoms with E-state index in [4.69, 9.17) is 11.5 Å². The van der Waals surface area contributed by atoms with Crippen molar-refractivity contribution in [3.63, 3.8) is 0 Å². The van der Waals surface area contributed by atoms with Crippen LogP contribution >= 0.6 is 0 Å². The molecule has 0 bridgehead atoms. The van der Waals surface area contributed by atoms with Crippen molar-refractivity contribution < 1.29 is 4.39 Å². The van der Waals surface area contributed by atoms with Crippen molar-refractivity contribution >= 4 is 11.9 Å². The van der Waals surface area contributed by atoms with Crippen molar-refractivity contribution in [1.82, 2.24) is 19.9 Å². The molecule has 2 aromatic heterocycles. The van der Waals surface area contributed by atoms with E-state index in [1.807, 2.05) is 30.3 Å². The van der Waals surface area contributed by atoms with Crippen LogP contribution in [-0.4, -0.2) is 19.9 Å². The summed E-state index contributed by atoms with van der Waals surface area (Å²) >= 11 is 0. The van der Waals surface area contributed by atoms with E-state index < -0.39 is 0 Å². The fraction of sp³-hybridized carbons (Fsp3) is 0. The van der Waals surface area contributed by atoms with Gasteiger partial charge in [0, 0.05) is 41.5 Å². The Bertz CT molecular complexity index is 1090. The summed E-state index contributed by atoms with van der Waals surface area (Å²) in [5, 5.41) is 0. The molecule has 0 saturated carbocycles. The van der Waals surface area contributed by atoms with E-state index in [9.17, 15) is 4.39 Å². The zero-order chi connectivity index (χ0) is 18.8. The highest BCUT2D eigenvalue weighted by Gasteiger charge is 2.12. The number of nitrogens with zero attached hydrogens (tertiary/aromatic N) is 4. The zero-order valence-electron chi connectivity index (χ0n) is 14.2. The number of anilines is 2. The van der Waals surface area contributed by atoms with Crippen LogP contribution in [0.3, 0.4) is 0 Å². The quantitative estimate of drug-likeness (QED) is 0.580. The Balaban J connectivity index is 1.78. The highest BCUT2D eigenvalue weighted by atomic mass is 19.1. The van der Waals surface area contributed by atoms with Gasteiger partial charge in [0.1, 0.15) is 5.82 Å². The van der Waals surface area contributed by atoms with Crippen LogP contribution in [0.15, 0.2) is 67.3 Å². The van der Waals surface area contributed by atoms with Gasteiger partial charge in [-0.3, -0.25) is 0 Å². The average Bonchev–Trinajstić information content (AvgIpc) is 2.69. The molecule has 0 saturated heterocycles. The maximum absolute atomic E-state index is 14.8. The van der Waals surface area contributed by atoms with Crippen molar-refractivity contribution in [2.24, 2.45) is 0 Å². The van der Waals surface area contributed by atoms with Gasteiger partial charge < -0.3 is 11.5 Å². The van der Waals surface area contributed by atoms with Crippen LogP contribution in [0, 0.1) is 5.82 Å². The first-order valence-electron chi connectivity index (χ1n) is 8.16. The summed E-state index contributed by atoms with van der Waals surface area (Å²) < 4.78 is 14.8. The van der Waals surface area contributed by atoms with Gasteiger partial charge in [0.05, 0.1) is 0 Å². The van der Waals surface area contributed by atoms with Crippen molar-refractivity contribution in [3.8, 4) is 33.4 Å². The minimum absolute atomic E-state index is 0.149. The SMILES string of the molecule is Nc1ncc(-c2ccc(-c3ccccc3-c3cnc(N)nc3)cc2F)cn1. The molecule has 0 aliphatic heterocycles. The Labute approximate surface area is 154 Å². The number of benzene rings is 2. The van der Waals surface area contributed by atoms with E-state index in [0.29, 0.717) is 11.1 Å².